The number of nitrogens with zero attached hydrogens (tertiary/aromatic N) is 10. The van der Waals surface area contributed by atoms with Crippen LogP contribution < -0.4 is 36.6 Å². The van der Waals surface area contributed by atoms with Crippen LogP contribution in [-0.4, -0.2) is 273 Å². The van der Waals surface area contributed by atoms with Gasteiger partial charge < -0.3 is 85.0 Å². The molecule has 3 aromatic carbocycles. The molecule has 11 rings (SSSR count). The Morgan fingerprint density at radius 1 is 0.550 bits per heavy atom. The number of aromatic nitrogens is 6. The maximum Gasteiger partial charge on any atom is 0.471 e. The third-order valence-corrected chi connectivity index (χ3v) is 18.2. The summed E-state index contributed by atoms with van der Waals surface area (Å²) in [7, 11) is 0. The zero-order chi connectivity index (χ0) is 79.4. The largest absolute Gasteiger partial charge is 0.471 e. The number of alkyl halides is 3. The number of nitrogens with one attached hydrogen (secondary N) is 4. The summed E-state index contributed by atoms with van der Waals surface area (Å²) in [5.41, 5.74) is 19.7. The average molecular weight is 1570 g/mol. The van der Waals surface area contributed by atoms with Crippen molar-refractivity contribution in [2.75, 3.05) is 192 Å². The molecule has 2 saturated heterocycles. The van der Waals surface area contributed by atoms with Gasteiger partial charge in [-0.1, -0.05) is 26.7 Å². The van der Waals surface area contributed by atoms with Crippen molar-refractivity contribution >= 4 is 102 Å². The van der Waals surface area contributed by atoms with Crippen LogP contribution in [0.2, 0.25) is 0 Å². The van der Waals surface area contributed by atoms with Gasteiger partial charge in [-0.05, 0) is 55.3 Å². The van der Waals surface area contributed by atoms with Crippen molar-refractivity contribution in [3.63, 3.8) is 0 Å². The number of amides is 5. The van der Waals surface area contributed by atoms with Gasteiger partial charge in [0.25, 0.3) is 11.8 Å². The highest BCUT2D eigenvalue weighted by Crippen LogP contribution is 2.33. The standard InChI is InChI=1S/C33H46N8O6.C29H32F4N6O3.C12H17F3N2O5/c1-2-3-4-27-37-31-25-23-24(5-6-26(25)36-33(34)32(31)38-27)40-13-11-39(12-14-40)15-19-45-17-9-28(42)35-10-18-46-21-22-47-20-16-41-29(43)7-8-30(41)44;1-2-3-4-22-36-26-18-15-17(5-6-21(18)35-29(34)27(26)37-22)39-10-8-38(9-11-39)12-14-41-13-7-23(40)42-28-24(32)19(30)16-20(31)25(28)33;13-12(14,15)11(20)16-3-5-21-7-8-22-6-4-17-9(18)1-2-10(17)19/h5-8,23H,2-4,9-22H2,1H3,(H2,34,36)(H,35,42)(H,37,38);5-6,15-16H,2-4,7-14H2,1H3,(H2,34,35)(H,36,37);1-2,9,18H,3-8H2,(H,16,20). The average Bonchev–Trinajstić information content (AvgIpc) is 1.69. The monoisotopic (exact) mass is 1560 g/mol. The summed E-state index contributed by atoms with van der Waals surface area (Å²) in [5, 5.41) is 15.8. The van der Waals surface area contributed by atoms with Gasteiger partial charge >= 0.3 is 18.1 Å². The fraction of sp³-hybridized carbons (Fsp3) is 0.514. The number of ether oxygens (including phenoxy) is 7. The number of aryl methyl sites for hydroxylation is 2. The van der Waals surface area contributed by atoms with E-state index in [1.165, 1.54) is 29.2 Å². The number of hydrogen-bond acceptors (Lipinski definition) is 24. The molecule has 8 heterocycles. The summed E-state index contributed by atoms with van der Waals surface area (Å²) in [6, 6.07) is 12.5. The number of nitrogen functional groups attached to an aromatic ring is 2. The molecule has 7 aromatic rings. The van der Waals surface area contributed by atoms with E-state index in [4.69, 9.17) is 49.9 Å². The lowest BCUT2D eigenvalue weighted by Crippen LogP contribution is -2.47. The third-order valence-electron chi connectivity index (χ3n) is 18.2. The molecule has 0 bridgehead atoms. The first-order valence-corrected chi connectivity index (χ1v) is 36.9. The van der Waals surface area contributed by atoms with Crippen molar-refractivity contribution in [1.29, 1.82) is 0 Å². The Morgan fingerprint density at radius 2 is 1.00 bits per heavy atom. The molecular weight excluding hydrogens is 1470 g/mol. The van der Waals surface area contributed by atoms with E-state index >= 15 is 0 Å². The minimum absolute atomic E-state index is 0.0442. The van der Waals surface area contributed by atoms with Crippen molar-refractivity contribution in [3.8, 4) is 5.75 Å². The number of H-pyrrole nitrogens is 2. The van der Waals surface area contributed by atoms with E-state index in [9.17, 15) is 64.6 Å². The van der Waals surface area contributed by atoms with Crippen molar-refractivity contribution in [2.45, 2.75) is 77.6 Å². The van der Waals surface area contributed by atoms with Gasteiger partial charge in [-0.15, -0.1) is 0 Å². The molecule has 37 heteroatoms. The van der Waals surface area contributed by atoms with Gasteiger partial charge in [-0.2, -0.15) is 22.0 Å². The number of aliphatic hydroxyl groups is 1. The Bertz CT molecular complexity index is 4300. The molecule has 4 aromatic heterocycles. The van der Waals surface area contributed by atoms with E-state index in [-0.39, 0.29) is 95.4 Å². The number of esters is 1. The van der Waals surface area contributed by atoms with Gasteiger partial charge in [-0.3, -0.25) is 43.5 Å². The van der Waals surface area contributed by atoms with E-state index in [2.05, 4.69) is 81.6 Å². The molecule has 4 aliphatic heterocycles. The lowest BCUT2D eigenvalue weighted by atomic mass is 10.1. The Morgan fingerprint density at radius 3 is 1.47 bits per heavy atom. The number of pyridine rings is 2. The van der Waals surface area contributed by atoms with Crippen LogP contribution in [0.5, 0.6) is 5.75 Å². The highest BCUT2D eigenvalue weighted by Gasteiger charge is 2.38. The van der Waals surface area contributed by atoms with Crippen LogP contribution in [0.1, 0.15) is 64.0 Å². The minimum atomic E-state index is -4.89. The summed E-state index contributed by atoms with van der Waals surface area (Å²) < 4.78 is 126. The number of carbonyl (C=O) groups excluding carboxylic acids is 6. The van der Waals surface area contributed by atoms with Crippen LogP contribution in [0.25, 0.3) is 43.9 Å². The Labute approximate surface area is 635 Å². The Balaban J connectivity index is 0.000000204. The second-order valence-electron chi connectivity index (χ2n) is 26.1. The lowest BCUT2D eigenvalue weighted by molar-refractivity contribution is -0.173. The quantitative estimate of drug-likeness (QED) is 0.00599. The number of halogens is 7. The molecule has 5 amide bonds. The summed E-state index contributed by atoms with van der Waals surface area (Å²) in [5.74, 6) is -9.51. The van der Waals surface area contributed by atoms with E-state index in [0.29, 0.717) is 70.8 Å². The number of nitrogens with two attached hydrogens (primary N) is 2. The van der Waals surface area contributed by atoms with Gasteiger partial charge in [0, 0.05) is 151 Å². The molecule has 1 unspecified atom stereocenters. The minimum Gasteiger partial charge on any atom is -0.420 e. The summed E-state index contributed by atoms with van der Waals surface area (Å²) in [6.45, 7) is 16.2. The molecule has 0 radical (unpaired) electrons. The number of benzene rings is 3. The normalized spacial score (nSPS) is 15.5. The third kappa shape index (κ3) is 25.1. The van der Waals surface area contributed by atoms with Crippen LogP contribution >= 0.6 is 0 Å². The predicted molar refractivity (Wildman–Crippen MR) is 397 cm³/mol. The topological polar surface area (TPSA) is 366 Å². The van der Waals surface area contributed by atoms with Crippen molar-refractivity contribution < 1.29 is 97.8 Å². The molecule has 0 saturated carbocycles. The second kappa shape index (κ2) is 42.6. The van der Waals surface area contributed by atoms with E-state index in [1.807, 2.05) is 18.2 Å². The van der Waals surface area contributed by atoms with Gasteiger partial charge in [0.1, 0.15) is 51.6 Å². The van der Waals surface area contributed by atoms with Crippen LogP contribution in [0.4, 0.5) is 53.7 Å². The fourth-order valence-corrected chi connectivity index (χ4v) is 12.1. The van der Waals surface area contributed by atoms with E-state index < -0.39 is 53.3 Å². The highest BCUT2D eigenvalue weighted by molar-refractivity contribution is 6.13. The number of anilines is 4. The number of rotatable bonds is 39. The van der Waals surface area contributed by atoms with Crippen molar-refractivity contribution in [3.05, 3.63) is 102 Å². The molecule has 1 atom stereocenters. The number of piperazine rings is 2. The number of aliphatic hydroxyl groups excluding tert-OH is 1. The Kier molecular flexibility index (Phi) is 32.7. The van der Waals surface area contributed by atoms with Crippen LogP contribution in [0.3, 0.4) is 0 Å². The van der Waals surface area contributed by atoms with E-state index in [0.717, 1.165) is 169 Å². The SMILES string of the molecule is CCCCc1nc2c([nH]1)c(N)nc1ccc(N3CCN(CCOCCC(=O)NCCOCCOCCN4C(=O)C=CC4=O)CC3)cc12.CCCCc1nc2c([nH]1)c(N)nc1ccc(N3CCN(CCOCCC(=O)Oc4c(F)c(F)cc(F)c4F)CC3)cc12.O=C1C=CC(O)N1CCOCCOCCNC(=O)C(F)(F)F. The first-order chi connectivity index (χ1) is 53.5. The predicted octanol–water partition coefficient (Wildman–Crippen LogP) is 5.78. The number of carbonyl (C=O) groups is 6. The Hall–Kier alpha value is -9.73. The van der Waals surface area contributed by atoms with Crippen molar-refractivity contribution in [1.82, 2.24) is 60.1 Å². The van der Waals surface area contributed by atoms with Gasteiger partial charge in [-0.25, -0.2) is 28.7 Å². The number of imidazole rings is 2. The molecule has 9 N–H and O–H groups in total. The maximum atomic E-state index is 13.7. The number of imide groups is 1. The number of unbranched alkanes of at least 4 members (excludes halogenated alkanes) is 2. The second-order valence-corrected chi connectivity index (χ2v) is 26.1. The van der Waals surface area contributed by atoms with Crippen LogP contribution in [-0.2, 0) is 70.0 Å². The fourth-order valence-electron chi connectivity index (χ4n) is 12.1. The number of aromatic amines is 2. The molecule has 2 fully saturated rings. The molecule has 604 valence electrons. The molecule has 30 nitrogen and oxygen atoms in total. The first-order valence-electron chi connectivity index (χ1n) is 36.9. The zero-order valence-corrected chi connectivity index (χ0v) is 62.0. The lowest BCUT2D eigenvalue weighted by Gasteiger charge is -2.36. The molecule has 0 aliphatic carbocycles. The first kappa shape index (κ1) is 85.3. The summed E-state index contributed by atoms with van der Waals surface area (Å²) in [4.78, 5) is 106. The van der Waals surface area contributed by atoms with Crippen molar-refractivity contribution in [2.24, 2.45) is 0 Å². The zero-order valence-electron chi connectivity index (χ0n) is 62.0. The molecule has 0 spiro atoms. The van der Waals surface area contributed by atoms with E-state index in [1.54, 1.807) is 5.32 Å². The highest BCUT2D eigenvalue weighted by atomic mass is 19.4. The van der Waals surface area contributed by atoms with Gasteiger partial charge in [0.05, 0.1) is 103 Å². The van der Waals surface area contributed by atoms with Gasteiger partial charge in [0.2, 0.25) is 29.2 Å². The van der Waals surface area contributed by atoms with Gasteiger partial charge in [0.15, 0.2) is 11.6 Å². The molecule has 4 aliphatic rings. The molecular formula is C74H95F7N16O14. The molecule has 111 heavy (non-hydrogen) atoms. The summed E-state index contributed by atoms with van der Waals surface area (Å²) in [6.07, 6.45) is 5.32. The van der Waals surface area contributed by atoms with Crippen LogP contribution in [0.15, 0.2) is 66.8 Å². The smallest absolute Gasteiger partial charge is 0.420 e. The number of hydrogen-bond donors (Lipinski definition) is 7. The van der Waals surface area contributed by atoms with Crippen LogP contribution in [0, 0.1) is 23.3 Å². The maximum absolute atomic E-state index is 13.7. The number of fused-ring (bicyclic) bond motifs is 6. The summed E-state index contributed by atoms with van der Waals surface area (Å²) >= 11 is 0.